The van der Waals surface area contributed by atoms with Crippen molar-refractivity contribution in [1.82, 2.24) is 9.13 Å². The fourth-order valence-electron chi connectivity index (χ4n) is 2.17. The van der Waals surface area contributed by atoms with Crippen LogP contribution in [0.2, 0.25) is 5.02 Å². The third kappa shape index (κ3) is 4.53. The summed E-state index contributed by atoms with van der Waals surface area (Å²) in [4.78, 5) is 35.1. The van der Waals surface area contributed by atoms with E-state index in [1.54, 1.807) is 0 Å². The lowest BCUT2D eigenvalue weighted by atomic mass is 10.3. The van der Waals surface area contributed by atoms with Gasteiger partial charge >= 0.3 is 17.8 Å². The zero-order valence-corrected chi connectivity index (χ0v) is 15.1. The Morgan fingerprint density at radius 2 is 1.89 bits per heavy atom. The fraction of sp³-hybridized carbons (Fsp3) is 0.267. The van der Waals surface area contributed by atoms with Crippen LogP contribution in [0.4, 0.5) is 17.6 Å². The van der Waals surface area contributed by atoms with Crippen molar-refractivity contribution in [3.8, 4) is 5.69 Å². The molecule has 0 aliphatic rings. The van der Waals surface area contributed by atoms with Gasteiger partial charge in [-0.1, -0.05) is 11.6 Å². The van der Waals surface area contributed by atoms with Crippen molar-refractivity contribution in [2.75, 3.05) is 5.75 Å². The molecular formula is C15H11ClF4N2O4S. The standard InChI is InChI=1S/C15H11ClF4N2O4S/c1-21-11(15(18,19)20)6-12(23)22(14(21)26)9-5-10(7(16)4-8(9)17)27-3-2-13(24)25/h4-6H,2-3H2,1H3,(H,24,25). The molecule has 0 atom stereocenters. The largest absolute Gasteiger partial charge is 0.481 e. The number of hydrogen-bond acceptors (Lipinski definition) is 4. The highest BCUT2D eigenvalue weighted by molar-refractivity contribution is 7.99. The Balaban J connectivity index is 2.62. The van der Waals surface area contributed by atoms with Crippen molar-refractivity contribution in [1.29, 1.82) is 0 Å². The molecule has 0 bridgehead atoms. The van der Waals surface area contributed by atoms with Gasteiger partial charge in [0, 0.05) is 23.8 Å². The van der Waals surface area contributed by atoms with Gasteiger partial charge in [-0.2, -0.15) is 13.2 Å². The first-order valence-corrected chi connectivity index (χ1v) is 8.54. The lowest BCUT2D eigenvalue weighted by Gasteiger charge is -2.15. The van der Waals surface area contributed by atoms with Crippen molar-refractivity contribution < 1.29 is 27.5 Å². The molecular weight excluding hydrogens is 416 g/mol. The number of nitrogens with zero attached hydrogens (tertiary/aromatic N) is 2. The quantitative estimate of drug-likeness (QED) is 0.587. The summed E-state index contributed by atoms with van der Waals surface area (Å²) in [5, 5.41) is 8.55. The van der Waals surface area contributed by atoms with Crippen LogP contribution in [0.3, 0.4) is 0 Å². The van der Waals surface area contributed by atoms with Gasteiger partial charge in [0.15, 0.2) is 0 Å². The van der Waals surface area contributed by atoms with E-state index >= 15 is 0 Å². The van der Waals surface area contributed by atoms with Crippen molar-refractivity contribution in [3.63, 3.8) is 0 Å². The molecule has 1 N–H and O–H groups in total. The van der Waals surface area contributed by atoms with Crippen LogP contribution in [0.25, 0.3) is 5.69 Å². The predicted octanol–water partition coefficient (Wildman–Crippen LogP) is 2.91. The molecule has 0 aliphatic heterocycles. The molecule has 0 radical (unpaired) electrons. The zero-order chi connectivity index (χ0) is 20.5. The summed E-state index contributed by atoms with van der Waals surface area (Å²) in [5.41, 5.74) is -4.82. The Kier molecular flexibility index (Phi) is 6.05. The number of carbonyl (C=O) groups is 1. The second kappa shape index (κ2) is 7.77. The highest BCUT2D eigenvalue weighted by Gasteiger charge is 2.35. The van der Waals surface area contributed by atoms with Gasteiger partial charge in [0.25, 0.3) is 5.56 Å². The maximum atomic E-state index is 14.3. The molecule has 0 unspecified atom stereocenters. The normalized spacial score (nSPS) is 11.6. The summed E-state index contributed by atoms with van der Waals surface area (Å²) in [6.07, 6.45) is -5.17. The van der Waals surface area contributed by atoms with Crippen LogP contribution >= 0.6 is 23.4 Å². The third-order valence-corrected chi connectivity index (χ3v) is 4.91. The molecule has 27 heavy (non-hydrogen) atoms. The predicted molar refractivity (Wildman–Crippen MR) is 90.2 cm³/mol. The monoisotopic (exact) mass is 426 g/mol. The van der Waals surface area contributed by atoms with Crippen molar-refractivity contribution in [2.45, 2.75) is 17.5 Å². The third-order valence-electron chi connectivity index (χ3n) is 3.43. The molecule has 1 aromatic heterocycles. The number of hydrogen-bond donors (Lipinski definition) is 1. The number of carboxylic acid groups (broad SMARTS) is 1. The molecule has 0 amide bonds. The first-order chi connectivity index (χ1) is 12.4. The Morgan fingerprint density at radius 1 is 1.26 bits per heavy atom. The maximum Gasteiger partial charge on any atom is 0.431 e. The molecule has 0 aliphatic carbocycles. The number of rotatable bonds is 5. The van der Waals surface area contributed by atoms with E-state index in [2.05, 4.69) is 0 Å². The van der Waals surface area contributed by atoms with Gasteiger partial charge in [0.05, 0.1) is 17.1 Å². The number of thioether (sulfide) groups is 1. The highest BCUT2D eigenvalue weighted by atomic mass is 35.5. The van der Waals surface area contributed by atoms with Gasteiger partial charge in [-0.3, -0.25) is 14.2 Å². The summed E-state index contributed by atoms with van der Waals surface area (Å²) < 4.78 is 53.4. The minimum Gasteiger partial charge on any atom is -0.481 e. The van der Waals surface area contributed by atoms with Crippen LogP contribution in [0.5, 0.6) is 0 Å². The van der Waals surface area contributed by atoms with Gasteiger partial charge in [0.2, 0.25) is 0 Å². The molecule has 1 heterocycles. The van der Waals surface area contributed by atoms with Crippen molar-refractivity contribution in [2.24, 2.45) is 7.05 Å². The second-order valence-corrected chi connectivity index (χ2v) is 6.81. The highest BCUT2D eigenvalue weighted by Crippen LogP contribution is 2.31. The van der Waals surface area contributed by atoms with E-state index in [0.717, 1.165) is 30.9 Å². The lowest BCUT2D eigenvalue weighted by Crippen LogP contribution is -2.41. The number of carboxylic acids is 1. The molecule has 2 aromatic rings. The number of aliphatic carboxylic acids is 1. The Morgan fingerprint density at radius 3 is 2.44 bits per heavy atom. The first-order valence-electron chi connectivity index (χ1n) is 7.17. The van der Waals surface area contributed by atoms with Crippen LogP contribution in [-0.2, 0) is 18.0 Å². The summed E-state index contributed by atoms with van der Waals surface area (Å²) in [6.45, 7) is 0. The summed E-state index contributed by atoms with van der Waals surface area (Å²) in [5.74, 6) is -2.10. The fourth-order valence-corrected chi connectivity index (χ4v) is 3.37. The van der Waals surface area contributed by atoms with Crippen LogP contribution < -0.4 is 11.2 Å². The average Bonchev–Trinajstić information content (AvgIpc) is 2.53. The summed E-state index contributed by atoms with van der Waals surface area (Å²) >= 11 is 6.81. The van der Waals surface area contributed by atoms with E-state index in [1.165, 1.54) is 0 Å². The van der Waals surface area contributed by atoms with Gasteiger partial charge in [-0.05, 0) is 12.1 Å². The van der Waals surface area contributed by atoms with E-state index in [4.69, 9.17) is 16.7 Å². The molecule has 1 aromatic carbocycles. The van der Waals surface area contributed by atoms with Gasteiger partial charge in [-0.15, -0.1) is 11.8 Å². The van der Waals surface area contributed by atoms with Crippen LogP contribution in [0, 0.1) is 5.82 Å². The molecule has 6 nitrogen and oxygen atoms in total. The number of alkyl halides is 3. The molecule has 0 fully saturated rings. The van der Waals surface area contributed by atoms with Gasteiger partial charge in [-0.25, -0.2) is 13.8 Å². The summed E-state index contributed by atoms with van der Waals surface area (Å²) in [7, 11) is 0.803. The second-order valence-electron chi connectivity index (χ2n) is 5.27. The van der Waals surface area contributed by atoms with E-state index in [9.17, 15) is 31.9 Å². The lowest BCUT2D eigenvalue weighted by molar-refractivity contribution is -0.144. The minimum absolute atomic E-state index is 0.0695. The average molecular weight is 427 g/mol. The Hall–Kier alpha value is -2.27. The van der Waals surface area contributed by atoms with Crippen LogP contribution in [0.1, 0.15) is 12.1 Å². The van der Waals surface area contributed by atoms with E-state index in [-0.39, 0.29) is 37.3 Å². The molecule has 0 saturated carbocycles. The number of aromatic nitrogens is 2. The summed E-state index contributed by atoms with van der Waals surface area (Å²) in [6, 6.07) is 2.00. The van der Waals surface area contributed by atoms with Crippen LogP contribution in [0.15, 0.2) is 32.7 Å². The molecule has 12 heteroatoms. The topological polar surface area (TPSA) is 81.3 Å². The van der Waals surface area contributed by atoms with Gasteiger partial charge < -0.3 is 5.11 Å². The smallest absolute Gasteiger partial charge is 0.431 e. The Bertz CT molecular complexity index is 1020. The van der Waals surface area contributed by atoms with E-state index in [1.807, 2.05) is 0 Å². The molecule has 0 spiro atoms. The van der Waals surface area contributed by atoms with Crippen LogP contribution in [-0.4, -0.2) is 26.0 Å². The van der Waals surface area contributed by atoms with Crippen molar-refractivity contribution >= 4 is 29.3 Å². The van der Waals surface area contributed by atoms with E-state index < -0.39 is 40.6 Å². The minimum atomic E-state index is -4.94. The zero-order valence-electron chi connectivity index (χ0n) is 13.5. The molecule has 2 rings (SSSR count). The van der Waals surface area contributed by atoms with E-state index in [0.29, 0.717) is 0 Å². The SMILES string of the molecule is Cn1c(C(F)(F)F)cc(=O)n(-c2cc(SCCC(=O)O)c(Cl)cc2F)c1=O. The number of benzene rings is 1. The molecule has 146 valence electrons. The number of halogens is 5. The first kappa shape index (κ1) is 21.0. The maximum absolute atomic E-state index is 14.3. The molecule has 0 saturated heterocycles. The van der Waals surface area contributed by atoms with Gasteiger partial charge in [0.1, 0.15) is 11.5 Å². The van der Waals surface area contributed by atoms with Crippen molar-refractivity contribution in [3.05, 3.63) is 55.6 Å². The Labute approximate surface area is 158 Å².